The number of carbonyl (C=O) groups is 1. The van der Waals surface area contributed by atoms with Gasteiger partial charge in [-0.25, -0.2) is 9.99 Å². The molecule has 0 spiro atoms. The van der Waals surface area contributed by atoms with Crippen LogP contribution in [-0.2, 0) is 6.54 Å². The number of para-hydroxylation sites is 1. The second kappa shape index (κ2) is 9.43. The van der Waals surface area contributed by atoms with Crippen molar-refractivity contribution in [1.29, 1.82) is 0 Å². The van der Waals surface area contributed by atoms with Crippen molar-refractivity contribution in [2.24, 2.45) is 5.10 Å². The molecule has 1 unspecified atom stereocenters. The van der Waals surface area contributed by atoms with Crippen molar-refractivity contribution >= 4 is 33.6 Å². The van der Waals surface area contributed by atoms with Crippen LogP contribution in [0.25, 0.3) is 22.0 Å². The summed E-state index contributed by atoms with van der Waals surface area (Å²) in [6.45, 7) is 4.30. The molecule has 0 radical (unpaired) electrons. The minimum Gasteiger partial charge on any atom is -0.507 e. The number of amides is 1. The first-order chi connectivity index (χ1) is 18.9. The molecule has 196 valence electrons. The van der Waals surface area contributed by atoms with E-state index in [1.165, 1.54) is 18.2 Å². The molecule has 6 rings (SSSR count). The van der Waals surface area contributed by atoms with Crippen molar-refractivity contribution in [2.45, 2.75) is 32.9 Å². The van der Waals surface area contributed by atoms with Crippen molar-refractivity contribution in [2.75, 3.05) is 7.11 Å². The highest BCUT2D eigenvalue weighted by Crippen LogP contribution is 2.39. The third-order valence-electron chi connectivity index (χ3n) is 7.06. The number of hydrogen-bond donors (Lipinski definition) is 1. The Labute approximate surface area is 223 Å². The number of rotatable bonds is 5. The van der Waals surface area contributed by atoms with Crippen molar-refractivity contribution in [3.63, 3.8) is 0 Å². The maximum atomic E-state index is 14.1. The first-order valence-electron chi connectivity index (χ1n) is 12.7. The molecule has 4 heterocycles. The number of ether oxygens (including phenoxy) is 1. The highest BCUT2D eigenvalue weighted by atomic mass is 16.5. The average Bonchev–Trinajstić information content (AvgIpc) is 3.57. The van der Waals surface area contributed by atoms with Crippen LogP contribution in [0.1, 0.15) is 46.8 Å². The van der Waals surface area contributed by atoms with Crippen molar-refractivity contribution < 1.29 is 19.1 Å². The molecular formula is C30H26N4O5. The fraction of sp³-hybridized carbons (Fsp3) is 0.200. The van der Waals surface area contributed by atoms with Crippen LogP contribution in [0, 0.1) is 6.92 Å². The molecular weight excluding hydrogens is 496 g/mol. The van der Waals surface area contributed by atoms with Crippen LogP contribution >= 0.6 is 0 Å². The van der Waals surface area contributed by atoms with E-state index in [9.17, 15) is 14.7 Å². The third-order valence-corrected chi connectivity index (χ3v) is 7.06. The van der Waals surface area contributed by atoms with Gasteiger partial charge in [-0.2, -0.15) is 5.10 Å². The molecule has 0 fully saturated rings. The van der Waals surface area contributed by atoms with Gasteiger partial charge in [0.1, 0.15) is 34.0 Å². The average molecular weight is 523 g/mol. The molecule has 9 heteroatoms. The molecule has 0 bridgehead atoms. The first-order valence-corrected chi connectivity index (χ1v) is 12.7. The number of phenols is 1. The summed E-state index contributed by atoms with van der Waals surface area (Å²) < 4.78 is 13.1. The number of aromatic nitrogens is 2. The molecule has 1 N–H and O–H groups in total. The number of hydrogen-bond acceptors (Lipinski definition) is 7. The normalized spacial score (nSPS) is 15.2. The lowest BCUT2D eigenvalue weighted by atomic mass is 9.99. The molecule has 5 aromatic rings. The quantitative estimate of drug-likeness (QED) is 0.341. The number of benzene rings is 2. The monoisotopic (exact) mass is 522 g/mol. The van der Waals surface area contributed by atoms with E-state index in [2.05, 4.69) is 10.1 Å². The van der Waals surface area contributed by atoms with E-state index in [4.69, 9.17) is 9.15 Å². The molecule has 1 amide bonds. The van der Waals surface area contributed by atoms with Gasteiger partial charge < -0.3 is 18.8 Å². The Balaban J connectivity index is 1.49. The Morgan fingerprint density at radius 1 is 1.15 bits per heavy atom. The SMILES string of the molecule is CCn1cc(C(=O)N2N=C(c3cc4ccccc4o3)CC2c2ccc(OC)cc2O)c(=O)c2ccc(C)nc21. The summed E-state index contributed by atoms with van der Waals surface area (Å²) in [5, 5.41) is 18.1. The molecule has 0 aliphatic carbocycles. The number of furan rings is 1. The first kappa shape index (κ1) is 24.4. The molecule has 39 heavy (non-hydrogen) atoms. The standard InChI is InChI=1S/C30H26N4O5/c1-4-33-16-22(28(36)21-11-9-17(2)31-29(21)33)30(37)34-24(20-12-10-19(38-3)14-25(20)35)15-23(32-34)27-13-18-7-5-6-8-26(18)39-27/h5-14,16,24,35H,4,15H2,1-3H3. The third kappa shape index (κ3) is 4.12. The van der Waals surface area contributed by atoms with Crippen LogP contribution in [-0.4, -0.2) is 38.4 Å². The van der Waals surface area contributed by atoms with E-state index >= 15 is 0 Å². The van der Waals surface area contributed by atoms with Gasteiger partial charge in [0.15, 0.2) is 5.76 Å². The number of aromatic hydroxyl groups is 1. The predicted octanol–water partition coefficient (Wildman–Crippen LogP) is 5.18. The lowest BCUT2D eigenvalue weighted by molar-refractivity contribution is 0.0707. The van der Waals surface area contributed by atoms with Crippen molar-refractivity contribution in [3.8, 4) is 11.5 Å². The van der Waals surface area contributed by atoms with Crippen LogP contribution in [0.15, 0.2) is 81.2 Å². The molecule has 3 aromatic heterocycles. The molecule has 2 aromatic carbocycles. The van der Waals surface area contributed by atoms with Gasteiger partial charge >= 0.3 is 0 Å². The summed E-state index contributed by atoms with van der Waals surface area (Å²) in [6.07, 6.45) is 1.82. The molecule has 9 nitrogen and oxygen atoms in total. The Morgan fingerprint density at radius 2 is 1.97 bits per heavy atom. The van der Waals surface area contributed by atoms with E-state index in [0.29, 0.717) is 45.9 Å². The summed E-state index contributed by atoms with van der Waals surface area (Å²) in [6, 6.07) is 17.2. The van der Waals surface area contributed by atoms with Crippen LogP contribution in [0.5, 0.6) is 11.5 Å². The highest BCUT2D eigenvalue weighted by molar-refractivity contribution is 6.05. The highest BCUT2D eigenvalue weighted by Gasteiger charge is 2.37. The minimum absolute atomic E-state index is 0.0254. The molecule has 1 aliphatic heterocycles. The zero-order valence-corrected chi connectivity index (χ0v) is 21.7. The van der Waals surface area contributed by atoms with Gasteiger partial charge in [-0.15, -0.1) is 0 Å². The zero-order valence-electron chi connectivity index (χ0n) is 21.7. The van der Waals surface area contributed by atoms with Gasteiger partial charge in [-0.1, -0.05) is 18.2 Å². The minimum atomic E-state index is -0.673. The lowest BCUT2D eigenvalue weighted by Gasteiger charge is -2.23. The maximum Gasteiger partial charge on any atom is 0.280 e. The van der Waals surface area contributed by atoms with Crippen LogP contribution < -0.4 is 10.2 Å². The lowest BCUT2D eigenvalue weighted by Crippen LogP contribution is -2.32. The van der Waals surface area contributed by atoms with Gasteiger partial charge in [-0.3, -0.25) is 9.59 Å². The van der Waals surface area contributed by atoms with E-state index in [0.717, 1.165) is 11.1 Å². The zero-order chi connectivity index (χ0) is 27.3. The number of phenolic OH excluding ortho intramolecular Hbond substituents is 1. The number of pyridine rings is 2. The van der Waals surface area contributed by atoms with Crippen LogP contribution in [0.4, 0.5) is 0 Å². The van der Waals surface area contributed by atoms with Gasteiger partial charge in [0.05, 0.1) is 18.5 Å². The summed E-state index contributed by atoms with van der Waals surface area (Å²) in [7, 11) is 1.51. The predicted molar refractivity (Wildman–Crippen MR) is 147 cm³/mol. The Bertz CT molecular complexity index is 1820. The number of aryl methyl sites for hydroxylation is 2. The number of carbonyl (C=O) groups excluding carboxylic acids is 1. The second-order valence-electron chi connectivity index (χ2n) is 9.47. The van der Waals surface area contributed by atoms with Crippen LogP contribution in [0.3, 0.4) is 0 Å². The summed E-state index contributed by atoms with van der Waals surface area (Å²) in [5.41, 5.74) is 2.57. The summed E-state index contributed by atoms with van der Waals surface area (Å²) in [4.78, 5) is 32.1. The van der Waals surface area contributed by atoms with Crippen molar-refractivity contribution in [3.05, 3.63) is 99.7 Å². The topological polar surface area (TPSA) is 110 Å². The Hall–Kier alpha value is -4.92. The Morgan fingerprint density at radius 3 is 2.72 bits per heavy atom. The Kier molecular flexibility index (Phi) is 5.91. The molecule has 0 saturated heterocycles. The molecule has 0 saturated carbocycles. The van der Waals surface area contributed by atoms with Gasteiger partial charge in [0.2, 0.25) is 5.43 Å². The number of fused-ring (bicyclic) bond motifs is 2. The maximum absolute atomic E-state index is 14.1. The van der Waals surface area contributed by atoms with Gasteiger partial charge in [-0.05, 0) is 50.2 Å². The summed E-state index contributed by atoms with van der Waals surface area (Å²) in [5.74, 6) is 0.390. The van der Waals surface area contributed by atoms with E-state index in [1.54, 1.807) is 35.0 Å². The number of nitrogens with zero attached hydrogens (tertiary/aromatic N) is 4. The van der Waals surface area contributed by atoms with Crippen molar-refractivity contribution in [1.82, 2.24) is 14.6 Å². The largest absolute Gasteiger partial charge is 0.507 e. The number of methoxy groups -OCH3 is 1. The van der Waals surface area contributed by atoms with E-state index < -0.39 is 17.4 Å². The summed E-state index contributed by atoms with van der Waals surface area (Å²) >= 11 is 0. The fourth-order valence-corrected chi connectivity index (χ4v) is 5.02. The van der Waals surface area contributed by atoms with E-state index in [-0.39, 0.29) is 17.7 Å². The molecule has 1 aliphatic rings. The smallest absolute Gasteiger partial charge is 0.280 e. The van der Waals surface area contributed by atoms with E-state index in [1.807, 2.05) is 44.2 Å². The van der Waals surface area contributed by atoms with Gasteiger partial charge in [0.25, 0.3) is 5.91 Å². The molecule has 1 atom stereocenters. The second-order valence-corrected chi connectivity index (χ2v) is 9.47. The number of hydrazone groups is 1. The van der Waals surface area contributed by atoms with Crippen LogP contribution in [0.2, 0.25) is 0 Å². The van der Waals surface area contributed by atoms with Gasteiger partial charge in [0, 0.05) is 41.9 Å². The fourth-order valence-electron chi connectivity index (χ4n) is 5.02.